The Labute approximate surface area is 174 Å². The van der Waals surface area contributed by atoms with Crippen molar-refractivity contribution in [1.29, 1.82) is 0 Å². The number of ether oxygens (including phenoxy) is 2. The molecule has 2 aromatic rings. The molecule has 1 N–H and O–H groups in total. The van der Waals surface area contributed by atoms with E-state index < -0.39 is 14.0 Å². The Balaban J connectivity index is 2.27. The van der Waals surface area contributed by atoms with Crippen LogP contribution in [-0.4, -0.2) is 73.4 Å². The maximum atomic E-state index is 12.3. The molecule has 162 valence electrons. The number of methoxy groups -OCH3 is 1. The van der Waals surface area contributed by atoms with Crippen LogP contribution in [0.5, 0.6) is 0 Å². The van der Waals surface area contributed by atoms with Gasteiger partial charge in [0, 0.05) is 34.0 Å². The molecule has 0 amide bonds. The number of pyridine rings is 1. The van der Waals surface area contributed by atoms with Crippen molar-refractivity contribution in [2.24, 2.45) is 0 Å². The van der Waals surface area contributed by atoms with Crippen LogP contribution < -0.4 is 5.32 Å². The van der Waals surface area contributed by atoms with Crippen molar-refractivity contribution < 1.29 is 14.3 Å². The Morgan fingerprint density at radius 1 is 1.28 bits per heavy atom. The minimum Gasteiger partial charge on any atom is -0.465 e. The maximum Gasteiger partial charge on any atom is 0.340 e. The molecule has 29 heavy (non-hydrogen) atoms. The lowest BCUT2D eigenvalue weighted by molar-refractivity contribution is 0.0601. The van der Waals surface area contributed by atoms with Crippen LogP contribution in [0.15, 0.2) is 12.3 Å². The summed E-state index contributed by atoms with van der Waals surface area (Å²) in [6, 6.07) is 2.74. The number of aromatic nitrogens is 3. The zero-order valence-electron chi connectivity index (χ0n) is 18.6. The molecule has 2 rings (SSSR count). The van der Waals surface area contributed by atoms with Crippen LogP contribution in [0, 0.1) is 0 Å². The van der Waals surface area contributed by atoms with Gasteiger partial charge in [-0.1, -0.05) is 33.5 Å². The Morgan fingerprint density at radius 2 is 2.00 bits per heavy atom. The van der Waals surface area contributed by atoms with Gasteiger partial charge in [0.1, 0.15) is 12.2 Å². The second-order valence-electron chi connectivity index (χ2n) is 8.19. The van der Waals surface area contributed by atoms with Gasteiger partial charge >= 0.3 is 5.97 Å². The summed E-state index contributed by atoms with van der Waals surface area (Å²) in [5.74, 6) is 0.249. The molecular formula is C20H35N5O3Si. The van der Waals surface area contributed by atoms with Crippen LogP contribution in [0.1, 0.15) is 24.2 Å². The third kappa shape index (κ3) is 6.51. The molecule has 0 bridgehead atoms. The molecule has 0 aromatic carbocycles. The van der Waals surface area contributed by atoms with E-state index in [-0.39, 0.29) is 0 Å². The number of rotatable bonds is 12. The lowest BCUT2D eigenvalue weighted by Crippen LogP contribution is -2.29. The topological polar surface area (TPSA) is 81.5 Å². The van der Waals surface area contributed by atoms with Crippen molar-refractivity contribution in [3.8, 4) is 0 Å². The summed E-state index contributed by atoms with van der Waals surface area (Å²) >= 11 is 0. The fraction of sp³-hybridized carbons (Fsp3) is 0.650. The lowest BCUT2D eigenvalue weighted by Gasteiger charge is -2.19. The number of nitrogens with zero attached hydrogens (tertiary/aromatic N) is 4. The van der Waals surface area contributed by atoms with Gasteiger partial charge in [0.2, 0.25) is 5.95 Å². The van der Waals surface area contributed by atoms with Crippen molar-refractivity contribution in [1.82, 2.24) is 19.4 Å². The zero-order chi connectivity index (χ0) is 21.4. The van der Waals surface area contributed by atoms with Gasteiger partial charge < -0.3 is 19.7 Å². The first-order chi connectivity index (χ1) is 13.8. The second-order valence-corrected chi connectivity index (χ2v) is 13.8. The molecule has 2 aromatic heterocycles. The number of nitrogens with one attached hydrogen (secondary N) is 1. The van der Waals surface area contributed by atoms with Gasteiger partial charge in [0.15, 0.2) is 5.65 Å². The van der Waals surface area contributed by atoms with E-state index in [2.05, 4.69) is 53.7 Å². The van der Waals surface area contributed by atoms with Gasteiger partial charge in [-0.3, -0.25) is 4.57 Å². The molecule has 0 atom stereocenters. The van der Waals surface area contributed by atoms with Gasteiger partial charge in [-0.15, -0.1) is 0 Å². The Bertz CT molecular complexity index is 799. The fourth-order valence-corrected chi connectivity index (χ4v) is 3.75. The second kappa shape index (κ2) is 10.7. The summed E-state index contributed by atoms with van der Waals surface area (Å²) in [7, 11) is 0.197. The third-order valence-corrected chi connectivity index (χ3v) is 6.57. The standard InChI is InChI=1S/C20H35N5O3Si/c1-7-24(8-2)12-11-22-20-23-18-17(16(9-10-21-18)19(26)27-3)25(20)15-28-13-14-29(4,5)6/h9-10H,7-8,11-15H2,1-6H3,(H,21,22,23). The quantitative estimate of drug-likeness (QED) is 0.320. The van der Waals surface area contributed by atoms with E-state index in [0.717, 1.165) is 32.2 Å². The van der Waals surface area contributed by atoms with Crippen molar-refractivity contribution >= 4 is 31.2 Å². The van der Waals surface area contributed by atoms with Crippen molar-refractivity contribution in [2.75, 3.05) is 45.2 Å². The fourth-order valence-electron chi connectivity index (χ4n) is 2.99. The van der Waals surface area contributed by atoms with Crippen LogP contribution in [0.25, 0.3) is 11.2 Å². The Kier molecular flexibility index (Phi) is 8.60. The average molecular weight is 422 g/mol. The van der Waals surface area contributed by atoms with E-state index in [4.69, 9.17) is 9.47 Å². The predicted octanol–water partition coefficient (Wildman–Crippen LogP) is 3.28. The number of fused-ring (bicyclic) bond motifs is 1. The molecule has 0 fully saturated rings. The molecule has 0 spiro atoms. The minimum atomic E-state index is -1.18. The molecule has 0 aliphatic rings. The molecule has 2 heterocycles. The summed E-state index contributed by atoms with van der Waals surface area (Å²) in [5, 5.41) is 3.39. The van der Waals surface area contributed by atoms with Crippen LogP contribution in [0.2, 0.25) is 25.7 Å². The SMILES string of the molecule is CCN(CC)CCNc1nc2nccc(C(=O)OC)c2n1COCC[Si](C)(C)C. The molecule has 0 saturated heterocycles. The van der Waals surface area contributed by atoms with E-state index in [1.54, 1.807) is 12.3 Å². The largest absolute Gasteiger partial charge is 0.465 e. The molecule has 0 radical (unpaired) electrons. The van der Waals surface area contributed by atoms with E-state index in [1.165, 1.54) is 7.11 Å². The van der Waals surface area contributed by atoms with Crippen LogP contribution in [-0.2, 0) is 16.2 Å². The molecule has 9 heteroatoms. The number of anilines is 1. The zero-order valence-corrected chi connectivity index (χ0v) is 19.6. The number of imidazole rings is 1. The van der Waals surface area contributed by atoms with Gasteiger partial charge in [-0.2, -0.15) is 4.98 Å². The minimum absolute atomic E-state index is 0.310. The van der Waals surface area contributed by atoms with E-state index in [1.807, 2.05) is 4.57 Å². The number of hydrogen-bond acceptors (Lipinski definition) is 7. The number of carbonyl (C=O) groups is 1. The number of carbonyl (C=O) groups excluding carboxylic acids is 1. The molecular weight excluding hydrogens is 386 g/mol. The highest BCUT2D eigenvalue weighted by Crippen LogP contribution is 2.23. The monoisotopic (exact) mass is 421 g/mol. The van der Waals surface area contributed by atoms with Gasteiger partial charge in [-0.25, -0.2) is 9.78 Å². The highest BCUT2D eigenvalue weighted by Gasteiger charge is 2.20. The number of likely N-dealkylation sites (N-methyl/N-ethyl adjacent to an activating group) is 1. The summed E-state index contributed by atoms with van der Waals surface area (Å²) in [6.07, 6.45) is 1.58. The highest BCUT2D eigenvalue weighted by atomic mass is 28.3. The molecule has 0 aliphatic carbocycles. The van der Waals surface area contributed by atoms with Gasteiger partial charge in [-0.05, 0) is 25.2 Å². The third-order valence-electron chi connectivity index (χ3n) is 4.87. The van der Waals surface area contributed by atoms with Crippen molar-refractivity contribution in [2.45, 2.75) is 46.3 Å². The molecule has 8 nitrogen and oxygen atoms in total. The first-order valence-electron chi connectivity index (χ1n) is 10.3. The van der Waals surface area contributed by atoms with Crippen LogP contribution >= 0.6 is 0 Å². The van der Waals surface area contributed by atoms with E-state index >= 15 is 0 Å². The van der Waals surface area contributed by atoms with Crippen molar-refractivity contribution in [3.05, 3.63) is 17.8 Å². The summed E-state index contributed by atoms with van der Waals surface area (Å²) in [6.45, 7) is 15.9. The predicted molar refractivity (Wildman–Crippen MR) is 119 cm³/mol. The number of hydrogen-bond donors (Lipinski definition) is 1. The Morgan fingerprint density at radius 3 is 2.62 bits per heavy atom. The van der Waals surface area contributed by atoms with Crippen LogP contribution in [0.3, 0.4) is 0 Å². The Hall–Kier alpha value is -1.97. The smallest absolute Gasteiger partial charge is 0.340 e. The van der Waals surface area contributed by atoms with Crippen molar-refractivity contribution in [3.63, 3.8) is 0 Å². The maximum absolute atomic E-state index is 12.3. The van der Waals surface area contributed by atoms with Gasteiger partial charge in [0.25, 0.3) is 0 Å². The lowest BCUT2D eigenvalue weighted by atomic mass is 10.2. The van der Waals surface area contributed by atoms with E-state index in [9.17, 15) is 4.79 Å². The average Bonchev–Trinajstić information content (AvgIpc) is 3.04. The summed E-state index contributed by atoms with van der Waals surface area (Å²) in [4.78, 5) is 23.6. The first kappa shape index (κ1) is 23.3. The van der Waals surface area contributed by atoms with E-state index in [0.29, 0.717) is 36.0 Å². The number of esters is 1. The normalized spacial score (nSPS) is 12.0. The molecule has 0 aliphatic heterocycles. The highest BCUT2D eigenvalue weighted by molar-refractivity contribution is 6.76. The van der Waals surface area contributed by atoms with Gasteiger partial charge in [0.05, 0.1) is 12.7 Å². The molecule has 0 saturated carbocycles. The molecule has 0 unspecified atom stereocenters. The first-order valence-corrected chi connectivity index (χ1v) is 14.0. The summed E-state index contributed by atoms with van der Waals surface area (Å²) < 4.78 is 12.8. The van der Waals surface area contributed by atoms with Crippen LogP contribution in [0.4, 0.5) is 5.95 Å². The summed E-state index contributed by atoms with van der Waals surface area (Å²) in [5.41, 5.74) is 1.58.